The molecule has 8 heteroatoms. The number of nitriles is 1. The first-order chi connectivity index (χ1) is 15.3. The molecule has 2 aromatic rings. The lowest BCUT2D eigenvalue weighted by molar-refractivity contribution is 0.0574. The molecule has 1 aromatic carbocycles. The van der Waals surface area contributed by atoms with Crippen LogP contribution in [0.15, 0.2) is 24.4 Å². The Morgan fingerprint density at radius 2 is 1.91 bits per heavy atom. The smallest absolute Gasteiger partial charge is 0.257 e. The van der Waals surface area contributed by atoms with Crippen molar-refractivity contribution in [3.8, 4) is 6.07 Å². The number of carbonyl (C=O) groups is 1. The van der Waals surface area contributed by atoms with Crippen LogP contribution in [0, 0.1) is 22.6 Å². The number of piperidine rings is 1. The third-order valence-corrected chi connectivity index (χ3v) is 7.96. The Morgan fingerprint density at radius 3 is 2.50 bits per heavy atom. The summed E-state index contributed by atoms with van der Waals surface area (Å²) in [5.74, 6) is -0.411. The van der Waals surface area contributed by atoms with Crippen LogP contribution in [-0.2, 0) is 0 Å². The van der Waals surface area contributed by atoms with E-state index in [1.807, 2.05) is 11.8 Å². The highest BCUT2D eigenvalue weighted by Crippen LogP contribution is 2.37. The van der Waals surface area contributed by atoms with Gasteiger partial charge >= 0.3 is 0 Å². The van der Waals surface area contributed by atoms with Gasteiger partial charge in [0.25, 0.3) is 5.91 Å². The number of hydrogen-bond acceptors (Lipinski definition) is 6. The maximum absolute atomic E-state index is 14.2. The van der Waals surface area contributed by atoms with Crippen LogP contribution in [-0.4, -0.2) is 64.6 Å². The summed E-state index contributed by atoms with van der Waals surface area (Å²) in [6.07, 6.45) is 5.12. The zero-order valence-corrected chi connectivity index (χ0v) is 20.0. The number of anilines is 1. The van der Waals surface area contributed by atoms with Gasteiger partial charge in [-0.2, -0.15) is 5.26 Å². The van der Waals surface area contributed by atoms with E-state index in [-0.39, 0.29) is 29.2 Å². The lowest BCUT2D eigenvalue weighted by Gasteiger charge is -2.43. The molecule has 2 aliphatic rings. The van der Waals surface area contributed by atoms with E-state index >= 15 is 0 Å². The van der Waals surface area contributed by atoms with Gasteiger partial charge in [0.2, 0.25) is 0 Å². The molecule has 0 saturated carbocycles. The predicted molar refractivity (Wildman–Crippen MR) is 127 cm³/mol. The minimum Gasteiger partial charge on any atom is -0.370 e. The summed E-state index contributed by atoms with van der Waals surface area (Å²) in [7, 11) is 0. The fraction of sp³-hybridized carbons (Fsp3) is 0.542. The largest absolute Gasteiger partial charge is 0.370 e. The Labute approximate surface area is 193 Å². The van der Waals surface area contributed by atoms with Crippen LogP contribution in [0.2, 0.25) is 0 Å². The molecule has 2 aliphatic heterocycles. The molecule has 170 valence electrons. The molecule has 1 aromatic heterocycles. The SMILES string of the molecule is CSN1C(C)CN(C(=O)c2cnc3ccc(F)cc3c2N2CCC(C)(C#N)CC2)CC1C. The van der Waals surface area contributed by atoms with E-state index in [4.69, 9.17) is 0 Å². The second-order valence-electron chi connectivity index (χ2n) is 9.29. The lowest BCUT2D eigenvalue weighted by atomic mass is 9.81. The predicted octanol–water partition coefficient (Wildman–Crippen LogP) is 4.32. The van der Waals surface area contributed by atoms with Crippen LogP contribution in [0.25, 0.3) is 10.9 Å². The van der Waals surface area contributed by atoms with Crippen LogP contribution in [0.3, 0.4) is 0 Å². The first-order valence-corrected chi connectivity index (χ1v) is 12.3. The molecule has 0 aliphatic carbocycles. The van der Waals surface area contributed by atoms with E-state index < -0.39 is 0 Å². The zero-order valence-electron chi connectivity index (χ0n) is 19.1. The normalized spacial score (nSPS) is 23.9. The number of fused-ring (bicyclic) bond motifs is 1. The first-order valence-electron chi connectivity index (χ1n) is 11.1. The molecule has 2 saturated heterocycles. The van der Waals surface area contributed by atoms with Crippen molar-refractivity contribution in [2.75, 3.05) is 37.3 Å². The second kappa shape index (κ2) is 8.87. The van der Waals surface area contributed by atoms with Crippen LogP contribution in [0.5, 0.6) is 0 Å². The van der Waals surface area contributed by atoms with E-state index in [1.165, 1.54) is 12.1 Å². The topological polar surface area (TPSA) is 63.5 Å². The molecule has 0 N–H and O–H groups in total. The zero-order chi connectivity index (χ0) is 23.0. The number of piperazine rings is 1. The molecule has 4 rings (SSSR count). The van der Waals surface area contributed by atoms with Crippen molar-refractivity contribution < 1.29 is 9.18 Å². The van der Waals surface area contributed by atoms with Crippen molar-refractivity contribution in [2.24, 2.45) is 5.41 Å². The number of amides is 1. The number of aromatic nitrogens is 1. The Hall–Kier alpha value is -2.37. The summed E-state index contributed by atoms with van der Waals surface area (Å²) in [6, 6.07) is 7.43. The molecular weight excluding hydrogens is 425 g/mol. The third-order valence-electron chi connectivity index (χ3n) is 6.82. The highest BCUT2D eigenvalue weighted by Gasteiger charge is 2.36. The number of halogens is 1. The minimum atomic E-state index is -0.367. The van der Waals surface area contributed by atoms with Gasteiger partial charge in [0.15, 0.2) is 0 Å². The number of benzene rings is 1. The number of hydrogen-bond donors (Lipinski definition) is 0. The van der Waals surface area contributed by atoms with Gasteiger partial charge in [-0.25, -0.2) is 8.70 Å². The van der Waals surface area contributed by atoms with Crippen LogP contribution >= 0.6 is 11.9 Å². The molecule has 3 heterocycles. The average Bonchev–Trinajstić information content (AvgIpc) is 2.78. The van der Waals surface area contributed by atoms with Crippen LogP contribution in [0.4, 0.5) is 10.1 Å². The number of carbonyl (C=O) groups excluding carboxylic acids is 1. The number of pyridine rings is 1. The fourth-order valence-electron chi connectivity index (χ4n) is 4.99. The van der Waals surface area contributed by atoms with Crippen LogP contribution in [0.1, 0.15) is 44.0 Å². The van der Waals surface area contributed by atoms with Gasteiger partial charge in [0.1, 0.15) is 5.82 Å². The minimum absolute atomic E-state index is 0.0632. The molecular formula is C24H30FN5OS. The molecule has 6 nitrogen and oxygen atoms in total. The molecule has 2 fully saturated rings. The summed E-state index contributed by atoms with van der Waals surface area (Å²) >= 11 is 1.71. The summed E-state index contributed by atoms with van der Waals surface area (Å²) in [6.45, 7) is 8.81. The highest BCUT2D eigenvalue weighted by atomic mass is 32.2. The van der Waals surface area contributed by atoms with E-state index in [9.17, 15) is 14.4 Å². The molecule has 2 unspecified atom stereocenters. The fourth-order valence-corrected chi connectivity index (χ4v) is 5.84. The van der Waals surface area contributed by atoms with Crippen molar-refractivity contribution in [3.63, 3.8) is 0 Å². The molecule has 32 heavy (non-hydrogen) atoms. The Bertz CT molecular complexity index is 1050. The Balaban J connectivity index is 1.74. The van der Waals surface area contributed by atoms with E-state index in [0.29, 0.717) is 55.5 Å². The van der Waals surface area contributed by atoms with Gasteiger partial charge in [-0.1, -0.05) is 11.9 Å². The standard InChI is InChI=1S/C24H30FN5OS/c1-16-13-29(14-17(2)30(16)32-4)23(31)20-12-27-21-6-5-18(25)11-19(21)22(20)28-9-7-24(3,15-26)8-10-28/h5-6,11-12,16-17H,7-10,13-14H2,1-4H3. The number of nitrogens with zero attached hydrogens (tertiary/aromatic N) is 5. The maximum atomic E-state index is 14.2. The molecule has 0 bridgehead atoms. The van der Waals surface area contributed by atoms with Crippen LogP contribution < -0.4 is 4.90 Å². The molecule has 2 atom stereocenters. The molecule has 1 amide bonds. The van der Waals surface area contributed by atoms with Crippen molar-refractivity contribution in [3.05, 3.63) is 35.8 Å². The van der Waals surface area contributed by atoms with Crippen molar-refractivity contribution >= 4 is 34.4 Å². The van der Waals surface area contributed by atoms with Crippen molar-refractivity contribution in [2.45, 2.75) is 45.7 Å². The lowest BCUT2D eigenvalue weighted by Crippen LogP contribution is -2.55. The monoisotopic (exact) mass is 455 g/mol. The van der Waals surface area contributed by atoms with Gasteiger partial charge in [-0.3, -0.25) is 9.78 Å². The second-order valence-corrected chi connectivity index (χ2v) is 10.1. The van der Waals surface area contributed by atoms with Crippen molar-refractivity contribution in [1.82, 2.24) is 14.2 Å². The van der Waals surface area contributed by atoms with Gasteiger partial charge < -0.3 is 9.80 Å². The average molecular weight is 456 g/mol. The number of rotatable bonds is 3. The van der Waals surface area contributed by atoms with E-state index in [0.717, 1.165) is 5.69 Å². The van der Waals surface area contributed by atoms with Gasteiger partial charge in [-0.15, -0.1) is 0 Å². The third kappa shape index (κ3) is 4.16. The highest BCUT2D eigenvalue weighted by molar-refractivity contribution is 7.96. The molecule has 0 spiro atoms. The Kier molecular flexibility index (Phi) is 6.33. The Morgan fingerprint density at radius 1 is 1.25 bits per heavy atom. The summed E-state index contributed by atoms with van der Waals surface area (Å²) in [4.78, 5) is 22.3. The maximum Gasteiger partial charge on any atom is 0.257 e. The summed E-state index contributed by atoms with van der Waals surface area (Å²) < 4.78 is 16.6. The van der Waals surface area contributed by atoms with E-state index in [2.05, 4.69) is 40.4 Å². The quantitative estimate of drug-likeness (QED) is 0.643. The molecule has 0 radical (unpaired) electrons. The van der Waals surface area contributed by atoms with Gasteiger partial charge in [-0.05, 0) is 58.1 Å². The van der Waals surface area contributed by atoms with Gasteiger partial charge in [0.05, 0.1) is 28.3 Å². The van der Waals surface area contributed by atoms with Crippen molar-refractivity contribution in [1.29, 1.82) is 5.26 Å². The van der Waals surface area contributed by atoms with Gasteiger partial charge in [0, 0.05) is 49.8 Å². The summed E-state index contributed by atoms with van der Waals surface area (Å²) in [5, 5.41) is 10.2. The van der Waals surface area contributed by atoms with E-state index in [1.54, 1.807) is 24.2 Å². The first kappa shape index (κ1) is 22.8. The summed E-state index contributed by atoms with van der Waals surface area (Å²) in [5.41, 5.74) is 1.56.